The minimum Gasteiger partial charge on any atom is -0.334 e. The molecule has 31 heavy (non-hydrogen) atoms. The van der Waals surface area contributed by atoms with E-state index >= 15 is 0 Å². The molecule has 1 amide bonds. The Morgan fingerprint density at radius 2 is 1.68 bits per heavy atom. The van der Waals surface area contributed by atoms with Crippen molar-refractivity contribution in [3.8, 4) is 0 Å². The SMILES string of the molecule is CCN(Cc1nc2ccccc2c(=O)[nH]1)C(=O)CN1CCN(Cc2ccccc2)CC1. The molecule has 162 valence electrons. The van der Waals surface area contributed by atoms with Crippen LogP contribution in [0.25, 0.3) is 10.9 Å². The lowest BCUT2D eigenvalue weighted by Gasteiger charge is -2.35. The summed E-state index contributed by atoms with van der Waals surface area (Å²) in [6.45, 7) is 7.83. The first-order valence-corrected chi connectivity index (χ1v) is 10.9. The first-order valence-electron chi connectivity index (χ1n) is 10.9. The Morgan fingerprint density at radius 3 is 2.42 bits per heavy atom. The summed E-state index contributed by atoms with van der Waals surface area (Å²) >= 11 is 0. The molecule has 7 nitrogen and oxygen atoms in total. The fourth-order valence-electron chi connectivity index (χ4n) is 4.01. The van der Waals surface area contributed by atoms with E-state index in [-0.39, 0.29) is 11.5 Å². The zero-order valence-corrected chi connectivity index (χ0v) is 18.0. The number of carbonyl (C=O) groups excluding carboxylic acids is 1. The molecule has 1 N–H and O–H groups in total. The van der Waals surface area contributed by atoms with E-state index in [4.69, 9.17) is 0 Å². The van der Waals surface area contributed by atoms with Crippen molar-refractivity contribution in [3.63, 3.8) is 0 Å². The number of hydrogen-bond acceptors (Lipinski definition) is 5. The van der Waals surface area contributed by atoms with Gasteiger partial charge >= 0.3 is 0 Å². The Labute approximate surface area is 182 Å². The molecule has 0 atom stereocenters. The molecule has 7 heteroatoms. The number of hydrogen-bond donors (Lipinski definition) is 1. The van der Waals surface area contributed by atoms with Gasteiger partial charge in [0.1, 0.15) is 5.82 Å². The van der Waals surface area contributed by atoms with Crippen LogP contribution < -0.4 is 5.56 Å². The largest absolute Gasteiger partial charge is 0.334 e. The summed E-state index contributed by atoms with van der Waals surface area (Å²) in [5, 5.41) is 0.564. The molecule has 1 fully saturated rings. The zero-order chi connectivity index (χ0) is 21.6. The van der Waals surface area contributed by atoms with E-state index in [1.165, 1.54) is 5.56 Å². The van der Waals surface area contributed by atoms with Crippen LogP contribution in [0.5, 0.6) is 0 Å². The lowest BCUT2D eigenvalue weighted by molar-refractivity contribution is -0.133. The van der Waals surface area contributed by atoms with Crippen molar-refractivity contribution in [2.24, 2.45) is 0 Å². The van der Waals surface area contributed by atoms with E-state index in [2.05, 4.69) is 44.0 Å². The van der Waals surface area contributed by atoms with Crippen molar-refractivity contribution in [2.45, 2.75) is 20.0 Å². The molecule has 0 unspecified atom stereocenters. The standard InChI is InChI=1S/C24H29N5O2/c1-2-29(17-22-25-21-11-7-6-10-20(21)24(31)26-22)23(30)18-28-14-12-27(13-15-28)16-19-8-4-3-5-9-19/h3-11H,2,12-18H2,1H3,(H,25,26,31). The van der Waals surface area contributed by atoms with Crippen LogP contribution in [0.3, 0.4) is 0 Å². The summed E-state index contributed by atoms with van der Waals surface area (Å²) in [6, 6.07) is 17.7. The Hall–Kier alpha value is -3.03. The van der Waals surface area contributed by atoms with Crippen LogP contribution in [0.15, 0.2) is 59.4 Å². The molecule has 0 radical (unpaired) electrons. The van der Waals surface area contributed by atoms with Crippen molar-refractivity contribution < 1.29 is 4.79 Å². The number of aromatic nitrogens is 2. The summed E-state index contributed by atoms with van der Waals surface area (Å²) < 4.78 is 0. The Kier molecular flexibility index (Phi) is 6.74. The number of nitrogens with zero attached hydrogens (tertiary/aromatic N) is 4. The number of H-pyrrole nitrogens is 1. The lowest BCUT2D eigenvalue weighted by atomic mass is 10.2. The molecule has 1 saturated heterocycles. The van der Waals surface area contributed by atoms with Crippen LogP contribution in [0.4, 0.5) is 0 Å². The average molecular weight is 420 g/mol. The third-order valence-electron chi connectivity index (χ3n) is 5.81. The van der Waals surface area contributed by atoms with Crippen LogP contribution in [-0.4, -0.2) is 69.8 Å². The molecule has 1 aliphatic heterocycles. The molecule has 0 aliphatic carbocycles. The molecule has 1 aromatic heterocycles. The Morgan fingerprint density at radius 1 is 1.00 bits per heavy atom. The minimum absolute atomic E-state index is 0.0646. The van der Waals surface area contributed by atoms with E-state index in [9.17, 15) is 9.59 Å². The van der Waals surface area contributed by atoms with E-state index in [0.717, 1.165) is 32.7 Å². The Balaban J connectivity index is 1.32. The lowest BCUT2D eigenvalue weighted by Crippen LogP contribution is -2.49. The van der Waals surface area contributed by atoms with Gasteiger partial charge in [0.2, 0.25) is 5.91 Å². The molecule has 0 saturated carbocycles. The third-order valence-corrected chi connectivity index (χ3v) is 5.81. The molecular formula is C24H29N5O2. The normalized spacial score (nSPS) is 15.3. The van der Waals surface area contributed by atoms with Crippen molar-refractivity contribution >= 4 is 16.8 Å². The highest BCUT2D eigenvalue weighted by Gasteiger charge is 2.22. The number of piperazine rings is 1. The second-order valence-corrected chi connectivity index (χ2v) is 7.98. The van der Waals surface area contributed by atoms with Crippen LogP contribution in [0.1, 0.15) is 18.3 Å². The van der Waals surface area contributed by atoms with Gasteiger partial charge in [0.05, 0.1) is 24.0 Å². The van der Waals surface area contributed by atoms with E-state index in [1.807, 2.05) is 31.2 Å². The minimum atomic E-state index is -0.168. The number of amides is 1. The fourth-order valence-corrected chi connectivity index (χ4v) is 4.01. The van der Waals surface area contributed by atoms with Gasteiger partial charge in [-0.05, 0) is 24.6 Å². The second-order valence-electron chi connectivity index (χ2n) is 7.98. The number of benzene rings is 2. The van der Waals surface area contributed by atoms with Crippen LogP contribution in [0.2, 0.25) is 0 Å². The summed E-state index contributed by atoms with van der Waals surface area (Å²) in [4.78, 5) is 39.0. The van der Waals surface area contributed by atoms with Crippen LogP contribution in [-0.2, 0) is 17.9 Å². The zero-order valence-electron chi connectivity index (χ0n) is 18.0. The fraction of sp³-hybridized carbons (Fsp3) is 0.375. The van der Waals surface area contributed by atoms with Crippen molar-refractivity contribution in [2.75, 3.05) is 39.3 Å². The molecule has 0 spiro atoms. The molecule has 2 heterocycles. The predicted octanol–water partition coefficient (Wildman–Crippen LogP) is 2.09. The maximum Gasteiger partial charge on any atom is 0.258 e. The summed E-state index contributed by atoms with van der Waals surface area (Å²) in [5.41, 5.74) is 1.80. The van der Waals surface area contributed by atoms with Crippen molar-refractivity contribution in [3.05, 3.63) is 76.3 Å². The van der Waals surface area contributed by atoms with E-state index in [1.54, 1.807) is 11.0 Å². The van der Waals surface area contributed by atoms with Crippen molar-refractivity contribution in [1.82, 2.24) is 24.7 Å². The number of aromatic amines is 1. The molecule has 1 aliphatic rings. The number of rotatable bonds is 7. The number of carbonyl (C=O) groups is 1. The summed E-state index contributed by atoms with van der Waals surface area (Å²) in [6.07, 6.45) is 0. The quantitative estimate of drug-likeness (QED) is 0.635. The maximum atomic E-state index is 12.9. The first-order chi connectivity index (χ1) is 15.1. The first kappa shape index (κ1) is 21.2. The second kappa shape index (κ2) is 9.85. The molecule has 4 rings (SSSR count). The van der Waals surface area contributed by atoms with Gasteiger partial charge in [0.25, 0.3) is 5.56 Å². The highest BCUT2D eigenvalue weighted by molar-refractivity contribution is 5.79. The average Bonchev–Trinajstić information content (AvgIpc) is 2.79. The van der Waals surface area contributed by atoms with Gasteiger partial charge in [-0.2, -0.15) is 0 Å². The molecular weight excluding hydrogens is 390 g/mol. The molecule has 2 aromatic carbocycles. The molecule has 3 aromatic rings. The van der Waals surface area contributed by atoms with Crippen molar-refractivity contribution in [1.29, 1.82) is 0 Å². The third kappa shape index (κ3) is 5.37. The monoisotopic (exact) mass is 419 g/mol. The number of nitrogens with one attached hydrogen (secondary N) is 1. The highest BCUT2D eigenvalue weighted by Crippen LogP contribution is 2.10. The van der Waals surface area contributed by atoms with Crippen LogP contribution >= 0.6 is 0 Å². The summed E-state index contributed by atoms with van der Waals surface area (Å²) in [7, 11) is 0. The maximum absolute atomic E-state index is 12.9. The predicted molar refractivity (Wildman–Crippen MR) is 122 cm³/mol. The van der Waals surface area contributed by atoms with Gasteiger partial charge in [-0.1, -0.05) is 42.5 Å². The van der Waals surface area contributed by atoms with Gasteiger partial charge < -0.3 is 9.88 Å². The van der Waals surface area contributed by atoms with Gasteiger partial charge in [-0.15, -0.1) is 0 Å². The van der Waals surface area contributed by atoms with Gasteiger partial charge in [-0.3, -0.25) is 19.4 Å². The van der Waals surface area contributed by atoms with Gasteiger partial charge in [0, 0.05) is 39.3 Å². The topological polar surface area (TPSA) is 72.5 Å². The van der Waals surface area contributed by atoms with Crippen LogP contribution in [0, 0.1) is 0 Å². The smallest absolute Gasteiger partial charge is 0.258 e. The van der Waals surface area contributed by atoms with Gasteiger partial charge in [0.15, 0.2) is 0 Å². The number of para-hydroxylation sites is 1. The Bertz CT molecular complexity index is 1070. The van der Waals surface area contributed by atoms with E-state index < -0.39 is 0 Å². The summed E-state index contributed by atoms with van der Waals surface area (Å²) in [5.74, 6) is 0.585. The number of fused-ring (bicyclic) bond motifs is 1. The van der Waals surface area contributed by atoms with E-state index in [0.29, 0.717) is 36.4 Å². The molecule has 0 bridgehead atoms. The van der Waals surface area contributed by atoms with Gasteiger partial charge in [-0.25, -0.2) is 4.98 Å². The number of likely N-dealkylation sites (N-methyl/N-ethyl adjacent to an activating group) is 1. The highest BCUT2D eigenvalue weighted by atomic mass is 16.2.